The molecular formula is C32H38N2O3. The van der Waals surface area contributed by atoms with Gasteiger partial charge >= 0.3 is 5.97 Å². The lowest BCUT2D eigenvalue weighted by Crippen LogP contribution is -2.33. The molecule has 194 valence electrons. The number of nitrogens with one attached hydrogen (secondary N) is 1. The molecule has 2 aliphatic rings. The van der Waals surface area contributed by atoms with Gasteiger partial charge in [-0.1, -0.05) is 57.2 Å². The summed E-state index contributed by atoms with van der Waals surface area (Å²) < 4.78 is 12.8. The van der Waals surface area contributed by atoms with Crippen LogP contribution in [0.25, 0.3) is 0 Å². The van der Waals surface area contributed by atoms with Gasteiger partial charge in [0.25, 0.3) is 0 Å². The summed E-state index contributed by atoms with van der Waals surface area (Å²) in [5.41, 5.74) is 4.28. The maximum atomic E-state index is 13.1. The molecule has 3 aromatic carbocycles. The highest BCUT2D eigenvalue weighted by Gasteiger charge is 2.53. The van der Waals surface area contributed by atoms with Gasteiger partial charge < -0.3 is 19.7 Å². The van der Waals surface area contributed by atoms with Gasteiger partial charge in [-0.25, -0.2) is 4.79 Å². The van der Waals surface area contributed by atoms with Crippen LogP contribution in [0.3, 0.4) is 0 Å². The minimum Gasteiger partial charge on any atom is -0.456 e. The number of hydrogen-bond acceptors (Lipinski definition) is 5. The smallest absolute Gasteiger partial charge is 0.340 e. The molecule has 0 bridgehead atoms. The average molecular weight is 499 g/mol. The lowest BCUT2D eigenvalue weighted by molar-refractivity contribution is 0.0224. The van der Waals surface area contributed by atoms with Crippen LogP contribution < -0.4 is 15.0 Å². The molecule has 5 nitrogen and oxygen atoms in total. The van der Waals surface area contributed by atoms with Gasteiger partial charge in [-0.05, 0) is 56.7 Å². The predicted molar refractivity (Wildman–Crippen MR) is 150 cm³/mol. The molecule has 37 heavy (non-hydrogen) atoms. The fraction of sp³-hybridized carbons (Fsp3) is 0.406. The molecule has 2 heterocycles. The highest BCUT2D eigenvalue weighted by molar-refractivity contribution is 5.97. The van der Waals surface area contributed by atoms with Gasteiger partial charge in [0.15, 0.2) is 5.60 Å². The second-order valence-electron chi connectivity index (χ2n) is 9.98. The van der Waals surface area contributed by atoms with E-state index in [-0.39, 0.29) is 5.97 Å². The van der Waals surface area contributed by atoms with E-state index in [2.05, 4.69) is 61.3 Å². The minimum atomic E-state index is -1.03. The molecule has 0 aromatic heterocycles. The van der Waals surface area contributed by atoms with Crippen molar-refractivity contribution in [1.82, 2.24) is 0 Å². The number of unbranched alkanes of at least 4 members (excludes halogenated alkanes) is 5. The van der Waals surface area contributed by atoms with Gasteiger partial charge in [-0.2, -0.15) is 0 Å². The molecule has 1 spiro atoms. The van der Waals surface area contributed by atoms with Crippen molar-refractivity contribution in [3.05, 3.63) is 82.9 Å². The summed E-state index contributed by atoms with van der Waals surface area (Å²) >= 11 is 0. The van der Waals surface area contributed by atoms with Crippen LogP contribution in [0.4, 0.5) is 11.4 Å². The Hall–Kier alpha value is -3.47. The maximum absolute atomic E-state index is 13.1. The highest BCUT2D eigenvalue weighted by Crippen LogP contribution is 2.56. The zero-order chi connectivity index (χ0) is 25.8. The van der Waals surface area contributed by atoms with E-state index in [1.165, 1.54) is 32.1 Å². The van der Waals surface area contributed by atoms with Crippen LogP contribution >= 0.6 is 0 Å². The highest BCUT2D eigenvalue weighted by atomic mass is 16.6. The minimum absolute atomic E-state index is 0.298. The Morgan fingerprint density at radius 2 is 1.57 bits per heavy atom. The third-order valence-electron chi connectivity index (χ3n) is 7.68. The molecule has 1 N–H and O–H groups in total. The van der Waals surface area contributed by atoms with Crippen molar-refractivity contribution in [2.75, 3.05) is 29.9 Å². The van der Waals surface area contributed by atoms with Crippen molar-refractivity contribution in [2.45, 2.75) is 64.9 Å². The lowest BCUT2D eigenvalue weighted by atomic mass is 9.77. The molecule has 2 aliphatic heterocycles. The molecule has 0 amide bonds. The number of carbonyl (C=O) groups excluding carboxylic acids is 1. The first-order valence-electron chi connectivity index (χ1n) is 13.9. The summed E-state index contributed by atoms with van der Waals surface area (Å²) in [5, 5.41) is 3.59. The zero-order valence-electron chi connectivity index (χ0n) is 22.3. The first kappa shape index (κ1) is 25.2. The first-order chi connectivity index (χ1) is 18.1. The molecule has 0 saturated heterocycles. The van der Waals surface area contributed by atoms with E-state index in [9.17, 15) is 4.79 Å². The average Bonchev–Trinajstić information content (AvgIpc) is 3.22. The fourth-order valence-corrected chi connectivity index (χ4v) is 5.69. The number of carbonyl (C=O) groups is 1. The van der Waals surface area contributed by atoms with Crippen molar-refractivity contribution in [3.8, 4) is 11.5 Å². The summed E-state index contributed by atoms with van der Waals surface area (Å²) in [6.45, 7) is 9.27. The summed E-state index contributed by atoms with van der Waals surface area (Å²) in [6.07, 6.45) is 7.56. The van der Waals surface area contributed by atoms with Gasteiger partial charge in [0.05, 0.1) is 5.56 Å². The number of benzene rings is 3. The van der Waals surface area contributed by atoms with Crippen LogP contribution in [0.2, 0.25) is 0 Å². The van der Waals surface area contributed by atoms with Crippen LogP contribution in [0.5, 0.6) is 11.5 Å². The Bertz CT molecular complexity index is 1270. The van der Waals surface area contributed by atoms with E-state index in [0.29, 0.717) is 5.56 Å². The van der Waals surface area contributed by atoms with Crippen LogP contribution in [-0.4, -0.2) is 25.6 Å². The Morgan fingerprint density at radius 3 is 2.38 bits per heavy atom. The van der Waals surface area contributed by atoms with Gasteiger partial charge in [-0.15, -0.1) is 0 Å². The van der Waals surface area contributed by atoms with Gasteiger partial charge in [0.2, 0.25) is 0 Å². The normalized spacial score (nSPS) is 17.0. The standard InChI is InChI=1S/C32H38N2O3/c1-4-7-8-9-10-13-20-33-23-16-19-29-28(21-23)32(26-15-12-11-14-25(26)31(35)37-32)27-18-17-24(22-30(27)36-29)34(5-2)6-3/h11-12,14-19,21-22,33H,4-10,13,20H2,1-3H3/t32-/m1/s1. The number of anilines is 2. The van der Waals surface area contributed by atoms with Crippen molar-refractivity contribution in [3.63, 3.8) is 0 Å². The topological polar surface area (TPSA) is 50.8 Å². The second-order valence-corrected chi connectivity index (χ2v) is 9.98. The number of hydrogen-bond donors (Lipinski definition) is 1. The molecule has 0 unspecified atom stereocenters. The van der Waals surface area contributed by atoms with Crippen molar-refractivity contribution in [2.24, 2.45) is 0 Å². The maximum Gasteiger partial charge on any atom is 0.340 e. The summed E-state index contributed by atoms with van der Waals surface area (Å²) in [4.78, 5) is 15.4. The molecule has 5 rings (SSSR count). The molecule has 0 radical (unpaired) electrons. The Morgan fingerprint density at radius 1 is 0.784 bits per heavy atom. The quantitative estimate of drug-likeness (QED) is 0.215. The third kappa shape index (κ3) is 4.56. The molecule has 0 saturated carbocycles. The van der Waals surface area contributed by atoms with Crippen LogP contribution in [0.15, 0.2) is 60.7 Å². The predicted octanol–water partition coefficient (Wildman–Crippen LogP) is 7.87. The molecule has 1 atom stereocenters. The number of ether oxygens (including phenoxy) is 2. The summed E-state index contributed by atoms with van der Waals surface area (Å²) in [7, 11) is 0. The molecule has 0 fully saturated rings. The fourth-order valence-electron chi connectivity index (χ4n) is 5.69. The van der Waals surface area contributed by atoms with Crippen molar-refractivity contribution in [1.29, 1.82) is 0 Å². The summed E-state index contributed by atoms with van der Waals surface area (Å²) in [6, 6.07) is 20.1. The van der Waals surface area contributed by atoms with Gasteiger partial charge in [0, 0.05) is 53.8 Å². The van der Waals surface area contributed by atoms with E-state index >= 15 is 0 Å². The van der Waals surface area contributed by atoms with E-state index in [4.69, 9.17) is 9.47 Å². The Labute approximate surface area is 220 Å². The lowest BCUT2D eigenvalue weighted by Gasteiger charge is -2.37. The van der Waals surface area contributed by atoms with E-state index in [0.717, 1.165) is 65.6 Å². The van der Waals surface area contributed by atoms with Crippen LogP contribution in [0, 0.1) is 0 Å². The van der Waals surface area contributed by atoms with Gasteiger partial charge in [-0.3, -0.25) is 0 Å². The Kier molecular flexibility index (Phi) is 7.40. The second kappa shape index (κ2) is 10.9. The third-order valence-corrected chi connectivity index (χ3v) is 7.68. The van der Waals surface area contributed by atoms with E-state index in [1.807, 2.05) is 30.3 Å². The van der Waals surface area contributed by atoms with Crippen LogP contribution in [-0.2, 0) is 10.3 Å². The first-order valence-corrected chi connectivity index (χ1v) is 13.9. The van der Waals surface area contributed by atoms with Crippen molar-refractivity contribution >= 4 is 17.3 Å². The molecular weight excluding hydrogens is 460 g/mol. The van der Waals surface area contributed by atoms with Gasteiger partial charge in [0.1, 0.15) is 11.5 Å². The Balaban J connectivity index is 1.51. The number of rotatable bonds is 11. The molecule has 0 aliphatic carbocycles. The monoisotopic (exact) mass is 498 g/mol. The molecule has 3 aromatic rings. The SMILES string of the molecule is CCCCCCCCNc1ccc2c(c1)[C@]1(OC(=O)c3ccccc31)c1ccc(N(CC)CC)cc1O2. The van der Waals surface area contributed by atoms with Crippen LogP contribution in [0.1, 0.15) is 86.3 Å². The molecule has 5 heteroatoms. The van der Waals surface area contributed by atoms with Crippen molar-refractivity contribution < 1.29 is 14.3 Å². The summed E-state index contributed by atoms with van der Waals surface area (Å²) in [5.74, 6) is 1.15. The number of esters is 1. The number of fused-ring (bicyclic) bond motifs is 6. The van der Waals surface area contributed by atoms with E-state index in [1.54, 1.807) is 0 Å². The zero-order valence-corrected chi connectivity index (χ0v) is 22.3. The van der Waals surface area contributed by atoms with E-state index < -0.39 is 5.60 Å². The largest absolute Gasteiger partial charge is 0.456 e. The number of nitrogens with zero attached hydrogens (tertiary/aromatic N) is 1.